The summed E-state index contributed by atoms with van der Waals surface area (Å²) in [7, 11) is 3.59. The van der Waals surface area contributed by atoms with Gasteiger partial charge in [0.15, 0.2) is 0 Å². The van der Waals surface area contributed by atoms with E-state index in [0.717, 1.165) is 17.9 Å². The molecule has 0 aliphatic heterocycles. The highest BCUT2D eigenvalue weighted by molar-refractivity contribution is 5.89. The molecule has 0 aliphatic carbocycles. The molecule has 0 aliphatic rings. The van der Waals surface area contributed by atoms with Gasteiger partial charge >= 0.3 is 6.03 Å². The van der Waals surface area contributed by atoms with Crippen LogP contribution in [0.1, 0.15) is 5.56 Å². The average molecular weight is 258 g/mol. The maximum Gasteiger partial charge on any atom is 0.318 e. The third-order valence-corrected chi connectivity index (χ3v) is 2.76. The fourth-order valence-electron chi connectivity index (χ4n) is 1.73. The first-order valence-corrected chi connectivity index (χ1v) is 6.11. The summed E-state index contributed by atoms with van der Waals surface area (Å²) in [6, 6.07) is 9.47. The zero-order valence-electron chi connectivity index (χ0n) is 11.1. The van der Waals surface area contributed by atoms with Gasteiger partial charge in [-0.25, -0.2) is 4.79 Å². The number of aromatic nitrogens is 1. The Labute approximate surface area is 112 Å². The first-order chi connectivity index (χ1) is 9.17. The number of rotatable bonds is 4. The lowest BCUT2D eigenvalue weighted by Crippen LogP contribution is -2.24. The van der Waals surface area contributed by atoms with E-state index < -0.39 is 0 Å². The van der Waals surface area contributed by atoms with Gasteiger partial charge in [-0.1, -0.05) is 0 Å². The second kappa shape index (κ2) is 5.95. The molecule has 3 N–H and O–H groups in total. The minimum Gasteiger partial charge on any atom is -0.381 e. The predicted molar refractivity (Wildman–Crippen MR) is 77.3 cm³/mol. The highest BCUT2D eigenvalue weighted by Crippen LogP contribution is 2.14. The van der Waals surface area contributed by atoms with Crippen molar-refractivity contribution < 1.29 is 4.79 Å². The van der Waals surface area contributed by atoms with E-state index in [1.807, 2.05) is 42.1 Å². The van der Waals surface area contributed by atoms with Crippen molar-refractivity contribution in [3.05, 3.63) is 48.3 Å². The number of hydrogen-bond acceptors (Lipinski definition) is 2. The van der Waals surface area contributed by atoms with Crippen molar-refractivity contribution in [1.29, 1.82) is 0 Å². The van der Waals surface area contributed by atoms with Crippen LogP contribution in [0.25, 0.3) is 0 Å². The van der Waals surface area contributed by atoms with Gasteiger partial charge in [-0.05, 0) is 35.9 Å². The van der Waals surface area contributed by atoms with Crippen molar-refractivity contribution in [3.8, 4) is 0 Å². The second-order valence-corrected chi connectivity index (χ2v) is 4.32. The molecule has 1 heterocycles. The second-order valence-electron chi connectivity index (χ2n) is 4.32. The van der Waals surface area contributed by atoms with Crippen LogP contribution in [-0.4, -0.2) is 17.6 Å². The lowest BCUT2D eigenvalue weighted by atomic mass is 10.2. The van der Waals surface area contributed by atoms with E-state index >= 15 is 0 Å². The van der Waals surface area contributed by atoms with E-state index in [1.165, 1.54) is 5.56 Å². The van der Waals surface area contributed by atoms with E-state index in [-0.39, 0.29) is 6.03 Å². The van der Waals surface area contributed by atoms with Gasteiger partial charge in [0, 0.05) is 44.4 Å². The Morgan fingerprint density at radius 2 is 1.84 bits per heavy atom. The lowest BCUT2D eigenvalue weighted by molar-refractivity contribution is 0.254. The summed E-state index contributed by atoms with van der Waals surface area (Å²) < 4.78 is 2.02. The monoisotopic (exact) mass is 258 g/mol. The van der Waals surface area contributed by atoms with Crippen LogP contribution < -0.4 is 16.0 Å². The van der Waals surface area contributed by atoms with Crippen LogP contribution in [0.4, 0.5) is 16.2 Å². The SMILES string of the molecule is CNC(=O)Nc1ccc(NCc2ccn(C)c2)cc1. The Bertz CT molecular complexity index is 545. The molecule has 19 heavy (non-hydrogen) atoms. The van der Waals surface area contributed by atoms with Crippen LogP contribution in [-0.2, 0) is 13.6 Å². The van der Waals surface area contributed by atoms with Gasteiger partial charge < -0.3 is 20.5 Å². The Morgan fingerprint density at radius 1 is 1.16 bits per heavy atom. The number of hydrogen-bond donors (Lipinski definition) is 3. The highest BCUT2D eigenvalue weighted by atomic mass is 16.2. The molecule has 5 nitrogen and oxygen atoms in total. The van der Waals surface area contributed by atoms with Crippen molar-refractivity contribution in [2.75, 3.05) is 17.7 Å². The molecular weight excluding hydrogens is 240 g/mol. The lowest BCUT2D eigenvalue weighted by Gasteiger charge is -2.07. The number of aryl methyl sites for hydroxylation is 1. The number of benzene rings is 1. The minimum absolute atomic E-state index is 0.218. The molecule has 100 valence electrons. The van der Waals surface area contributed by atoms with Gasteiger partial charge in [0.25, 0.3) is 0 Å². The highest BCUT2D eigenvalue weighted by Gasteiger charge is 1.99. The number of anilines is 2. The first kappa shape index (κ1) is 13.0. The maximum absolute atomic E-state index is 11.1. The van der Waals surface area contributed by atoms with Crippen LogP contribution in [0.3, 0.4) is 0 Å². The molecule has 0 bridgehead atoms. The standard InChI is InChI=1S/C14H18N4O/c1-15-14(19)17-13-5-3-12(4-6-13)16-9-11-7-8-18(2)10-11/h3-8,10,16H,9H2,1-2H3,(H2,15,17,19). The summed E-state index contributed by atoms with van der Waals surface area (Å²) in [6.07, 6.45) is 4.10. The molecule has 0 atom stereocenters. The molecule has 0 radical (unpaired) electrons. The molecule has 0 saturated carbocycles. The molecule has 1 aromatic heterocycles. The average Bonchev–Trinajstić information content (AvgIpc) is 2.83. The maximum atomic E-state index is 11.1. The number of urea groups is 1. The van der Waals surface area contributed by atoms with Crippen molar-refractivity contribution >= 4 is 17.4 Å². The number of nitrogens with zero attached hydrogens (tertiary/aromatic N) is 1. The number of carbonyl (C=O) groups excluding carboxylic acids is 1. The normalized spacial score (nSPS) is 10.0. The summed E-state index contributed by atoms with van der Waals surface area (Å²) in [4.78, 5) is 11.1. The first-order valence-electron chi connectivity index (χ1n) is 6.11. The fourth-order valence-corrected chi connectivity index (χ4v) is 1.73. The van der Waals surface area contributed by atoms with Crippen molar-refractivity contribution in [2.45, 2.75) is 6.54 Å². The van der Waals surface area contributed by atoms with Crippen LogP contribution >= 0.6 is 0 Å². The zero-order valence-corrected chi connectivity index (χ0v) is 11.1. The van der Waals surface area contributed by atoms with Crippen LogP contribution in [0.5, 0.6) is 0 Å². The smallest absolute Gasteiger partial charge is 0.318 e. The molecule has 2 amide bonds. The Kier molecular flexibility index (Phi) is 4.07. The molecule has 5 heteroatoms. The molecule has 0 saturated heterocycles. The van der Waals surface area contributed by atoms with Gasteiger partial charge in [0.2, 0.25) is 0 Å². The molecule has 0 unspecified atom stereocenters. The van der Waals surface area contributed by atoms with E-state index in [1.54, 1.807) is 7.05 Å². The van der Waals surface area contributed by atoms with Gasteiger partial charge in [0.1, 0.15) is 0 Å². The van der Waals surface area contributed by atoms with E-state index in [9.17, 15) is 4.79 Å². The zero-order chi connectivity index (χ0) is 13.7. The summed E-state index contributed by atoms with van der Waals surface area (Å²) in [5.74, 6) is 0. The van der Waals surface area contributed by atoms with E-state index in [4.69, 9.17) is 0 Å². The predicted octanol–water partition coefficient (Wildman–Crippen LogP) is 2.39. The Hall–Kier alpha value is -2.43. The largest absolute Gasteiger partial charge is 0.381 e. The van der Waals surface area contributed by atoms with E-state index in [0.29, 0.717) is 0 Å². The molecular formula is C14H18N4O. The molecule has 2 rings (SSSR count). The molecule has 1 aromatic carbocycles. The van der Waals surface area contributed by atoms with Crippen LogP contribution in [0.15, 0.2) is 42.7 Å². The van der Waals surface area contributed by atoms with Gasteiger partial charge in [-0.3, -0.25) is 0 Å². The van der Waals surface area contributed by atoms with Gasteiger partial charge in [0.05, 0.1) is 0 Å². The number of carbonyl (C=O) groups is 1. The van der Waals surface area contributed by atoms with Gasteiger partial charge in [-0.2, -0.15) is 0 Å². The van der Waals surface area contributed by atoms with Crippen molar-refractivity contribution in [3.63, 3.8) is 0 Å². The quantitative estimate of drug-likeness (QED) is 0.788. The summed E-state index contributed by atoms with van der Waals surface area (Å²) in [6.45, 7) is 0.781. The molecule has 0 spiro atoms. The van der Waals surface area contributed by atoms with Crippen molar-refractivity contribution in [2.24, 2.45) is 7.05 Å². The van der Waals surface area contributed by atoms with Gasteiger partial charge in [-0.15, -0.1) is 0 Å². The van der Waals surface area contributed by atoms with Crippen molar-refractivity contribution in [1.82, 2.24) is 9.88 Å². The summed E-state index contributed by atoms with van der Waals surface area (Å²) in [5.41, 5.74) is 3.02. The fraction of sp³-hybridized carbons (Fsp3) is 0.214. The van der Waals surface area contributed by atoms with Crippen LogP contribution in [0, 0.1) is 0 Å². The topological polar surface area (TPSA) is 58.1 Å². The minimum atomic E-state index is -0.218. The Balaban J connectivity index is 1.89. The Morgan fingerprint density at radius 3 is 2.42 bits per heavy atom. The van der Waals surface area contributed by atoms with E-state index in [2.05, 4.69) is 28.2 Å². The number of amides is 2. The third-order valence-electron chi connectivity index (χ3n) is 2.76. The van der Waals surface area contributed by atoms with Crippen LogP contribution in [0.2, 0.25) is 0 Å². The summed E-state index contributed by atoms with van der Waals surface area (Å²) >= 11 is 0. The molecule has 0 fully saturated rings. The number of nitrogens with one attached hydrogen (secondary N) is 3. The summed E-state index contributed by atoms with van der Waals surface area (Å²) in [5, 5.41) is 8.55. The third kappa shape index (κ3) is 3.77. The molecule has 2 aromatic rings.